The normalized spacial score (nSPS) is 20.4. The molecule has 2 rings (SSSR count). The highest BCUT2D eigenvalue weighted by Crippen LogP contribution is 2.18. The third-order valence-corrected chi connectivity index (χ3v) is 3.25. The molecule has 16 heavy (non-hydrogen) atoms. The van der Waals surface area contributed by atoms with E-state index in [0.717, 1.165) is 36.1 Å². The lowest BCUT2D eigenvalue weighted by Crippen LogP contribution is -2.37. The molecule has 1 heterocycles. The number of carbonyl (C=O) groups excluding carboxylic acids is 1. The van der Waals surface area contributed by atoms with Gasteiger partial charge in [-0.05, 0) is 37.6 Å². The van der Waals surface area contributed by atoms with Crippen LogP contribution in [0.25, 0.3) is 0 Å². The van der Waals surface area contributed by atoms with Gasteiger partial charge in [-0.2, -0.15) is 0 Å². The third kappa shape index (κ3) is 3.06. The fourth-order valence-electron chi connectivity index (χ4n) is 1.89. The molecule has 1 aromatic carbocycles. The molecule has 3 nitrogen and oxygen atoms in total. The van der Waals surface area contributed by atoms with Crippen molar-refractivity contribution in [3.63, 3.8) is 0 Å². The zero-order valence-corrected chi connectivity index (χ0v) is 10.6. The van der Waals surface area contributed by atoms with Gasteiger partial charge in [-0.25, -0.2) is 0 Å². The Balaban J connectivity index is 1.96. The predicted molar refractivity (Wildman–Crippen MR) is 68.4 cm³/mol. The Morgan fingerprint density at radius 3 is 3.06 bits per heavy atom. The monoisotopic (exact) mass is 282 g/mol. The molecule has 4 heteroatoms. The molecule has 1 aliphatic rings. The van der Waals surface area contributed by atoms with Gasteiger partial charge in [0.05, 0.1) is 5.92 Å². The molecule has 1 atom stereocenters. The number of carbonyl (C=O) groups is 1. The van der Waals surface area contributed by atoms with Crippen molar-refractivity contribution in [2.24, 2.45) is 5.92 Å². The minimum Gasteiger partial charge on any atom is -0.326 e. The van der Waals surface area contributed by atoms with Crippen LogP contribution in [-0.2, 0) is 4.79 Å². The number of piperidine rings is 1. The van der Waals surface area contributed by atoms with Crippen LogP contribution in [0.4, 0.5) is 5.69 Å². The molecule has 0 radical (unpaired) electrons. The summed E-state index contributed by atoms with van der Waals surface area (Å²) in [4.78, 5) is 11.9. The number of halogens is 1. The van der Waals surface area contributed by atoms with Crippen LogP contribution in [-0.4, -0.2) is 19.0 Å². The first kappa shape index (κ1) is 11.6. The first-order valence-electron chi connectivity index (χ1n) is 5.53. The summed E-state index contributed by atoms with van der Waals surface area (Å²) in [6.07, 6.45) is 2.06. The maximum Gasteiger partial charge on any atom is 0.228 e. The van der Waals surface area contributed by atoms with E-state index in [1.54, 1.807) is 0 Å². The average Bonchev–Trinajstić information content (AvgIpc) is 2.30. The molecular weight excluding hydrogens is 268 g/mol. The molecule has 0 saturated carbocycles. The van der Waals surface area contributed by atoms with Gasteiger partial charge in [0.15, 0.2) is 0 Å². The molecule has 0 unspecified atom stereocenters. The van der Waals surface area contributed by atoms with E-state index in [1.807, 2.05) is 24.3 Å². The topological polar surface area (TPSA) is 41.1 Å². The lowest BCUT2D eigenvalue weighted by molar-refractivity contribution is -0.120. The highest BCUT2D eigenvalue weighted by Gasteiger charge is 2.20. The Bertz CT molecular complexity index is 375. The highest BCUT2D eigenvalue weighted by molar-refractivity contribution is 9.10. The summed E-state index contributed by atoms with van der Waals surface area (Å²) in [5, 5.41) is 6.19. The number of benzene rings is 1. The zero-order valence-electron chi connectivity index (χ0n) is 9.00. The minimum absolute atomic E-state index is 0.104. The number of nitrogens with one attached hydrogen (secondary N) is 2. The Labute approximate surface area is 104 Å². The first-order chi connectivity index (χ1) is 7.75. The first-order valence-corrected chi connectivity index (χ1v) is 6.32. The third-order valence-electron chi connectivity index (χ3n) is 2.76. The Morgan fingerprint density at radius 1 is 1.50 bits per heavy atom. The van der Waals surface area contributed by atoms with Crippen LogP contribution < -0.4 is 10.6 Å². The van der Waals surface area contributed by atoms with E-state index in [-0.39, 0.29) is 11.8 Å². The summed E-state index contributed by atoms with van der Waals surface area (Å²) in [5.41, 5.74) is 0.852. The van der Waals surface area contributed by atoms with Crippen molar-refractivity contribution in [2.75, 3.05) is 18.4 Å². The number of hydrogen-bond donors (Lipinski definition) is 2. The van der Waals surface area contributed by atoms with Crippen molar-refractivity contribution in [2.45, 2.75) is 12.8 Å². The number of amides is 1. The summed E-state index contributed by atoms with van der Waals surface area (Å²) < 4.78 is 0.979. The molecule has 2 N–H and O–H groups in total. The summed E-state index contributed by atoms with van der Waals surface area (Å²) in [5.74, 6) is 0.220. The fraction of sp³-hybridized carbons (Fsp3) is 0.417. The molecule has 0 aromatic heterocycles. The maximum absolute atomic E-state index is 11.9. The van der Waals surface area contributed by atoms with Crippen molar-refractivity contribution >= 4 is 27.5 Å². The lowest BCUT2D eigenvalue weighted by atomic mass is 9.99. The number of anilines is 1. The molecule has 0 spiro atoms. The van der Waals surface area contributed by atoms with Crippen LogP contribution in [0.5, 0.6) is 0 Å². The van der Waals surface area contributed by atoms with E-state index in [9.17, 15) is 4.79 Å². The van der Waals surface area contributed by atoms with Gasteiger partial charge in [-0.3, -0.25) is 4.79 Å². The van der Waals surface area contributed by atoms with Crippen molar-refractivity contribution < 1.29 is 4.79 Å². The Kier molecular flexibility index (Phi) is 3.96. The average molecular weight is 283 g/mol. The second-order valence-corrected chi connectivity index (χ2v) is 4.96. The summed E-state index contributed by atoms with van der Waals surface area (Å²) in [6, 6.07) is 7.67. The van der Waals surface area contributed by atoms with Gasteiger partial charge in [-0.15, -0.1) is 0 Å². The van der Waals surface area contributed by atoms with Gasteiger partial charge in [0, 0.05) is 16.7 Å². The Morgan fingerprint density at radius 2 is 2.38 bits per heavy atom. The number of hydrogen-bond acceptors (Lipinski definition) is 2. The molecule has 1 aromatic rings. The van der Waals surface area contributed by atoms with Gasteiger partial charge in [0.1, 0.15) is 0 Å². The van der Waals surface area contributed by atoms with Gasteiger partial charge in [0.2, 0.25) is 5.91 Å². The van der Waals surface area contributed by atoms with Crippen molar-refractivity contribution in [1.82, 2.24) is 5.32 Å². The van der Waals surface area contributed by atoms with Crippen LogP contribution in [0.1, 0.15) is 12.8 Å². The van der Waals surface area contributed by atoms with Gasteiger partial charge in [-0.1, -0.05) is 22.0 Å². The molecule has 1 fully saturated rings. The van der Waals surface area contributed by atoms with Crippen LogP contribution in [0, 0.1) is 5.92 Å². The fourth-order valence-corrected chi connectivity index (χ4v) is 2.29. The van der Waals surface area contributed by atoms with E-state index >= 15 is 0 Å². The quantitative estimate of drug-likeness (QED) is 0.875. The summed E-state index contributed by atoms with van der Waals surface area (Å²) in [6.45, 7) is 1.82. The van der Waals surface area contributed by atoms with E-state index < -0.39 is 0 Å². The van der Waals surface area contributed by atoms with Gasteiger partial charge in [0.25, 0.3) is 0 Å². The zero-order chi connectivity index (χ0) is 11.4. The largest absolute Gasteiger partial charge is 0.326 e. The summed E-state index contributed by atoms with van der Waals surface area (Å²) >= 11 is 3.38. The maximum atomic E-state index is 11.9. The predicted octanol–water partition coefficient (Wildman–Crippen LogP) is 2.39. The number of rotatable bonds is 2. The van der Waals surface area contributed by atoms with Crippen molar-refractivity contribution in [3.8, 4) is 0 Å². The Hall–Kier alpha value is -0.870. The van der Waals surface area contributed by atoms with E-state index in [2.05, 4.69) is 26.6 Å². The smallest absolute Gasteiger partial charge is 0.228 e. The minimum atomic E-state index is 0.104. The second-order valence-electron chi connectivity index (χ2n) is 4.04. The standard InChI is InChI=1S/C12H15BrN2O/c13-10-4-1-5-11(7-10)15-12(16)9-3-2-6-14-8-9/h1,4-5,7,9,14H,2-3,6,8H2,(H,15,16)/t9-/m1/s1. The molecule has 86 valence electrons. The van der Waals surface area contributed by atoms with Crippen LogP contribution in [0.3, 0.4) is 0 Å². The molecule has 0 bridgehead atoms. The van der Waals surface area contributed by atoms with Crippen molar-refractivity contribution in [3.05, 3.63) is 28.7 Å². The van der Waals surface area contributed by atoms with Gasteiger partial charge >= 0.3 is 0 Å². The highest BCUT2D eigenvalue weighted by atomic mass is 79.9. The molecular formula is C12H15BrN2O. The van der Waals surface area contributed by atoms with E-state index in [0.29, 0.717) is 0 Å². The molecule has 0 aliphatic carbocycles. The molecule has 1 aliphatic heterocycles. The summed E-state index contributed by atoms with van der Waals surface area (Å²) in [7, 11) is 0. The van der Waals surface area contributed by atoms with Crippen molar-refractivity contribution in [1.29, 1.82) is 0 Å². The van der Waals surface area contributed by atoms with Gasteiger partial charge < -0.3 is 10.6 Å². The van der Waals surface area contributed by atoms with E-state index in [4.69, 9.17) is 0 Å². The van der Waals surface area contributed by atoms with Crippen LogP contribution in [0.15, 0.2) is 28.7 Å². The van der Waals surface area contributed by atoms with Crippen LogP contribution >= 0.6 is 15.9 Å². The second kappa shape index (κ2) is 5.46. The lowest BCUT2D eigenvalue weighted by Gasteiger charge is -2.21. The van der Waals surface area contributed by atoms with Crippen LogP contribution in [0.2, 0.25) is 0 Å². The SMILES string of the molecule is O=C(Nc1cccc(Br)c1)[C@@H]1CCCNC1. The molecule has 1 amide bonds. The molecule has 1 saturated heterocycles. The van der Waals surface area contributed by atoms with E-state index in [1.165, 1.54) is 0 Å².